The van der Waals surface area contributed by atoms with Crippen LogP contribution in [-0.2, 0) is 19.2 Å². The fourth-order valence-corrected chi connectivity index (χ4v) is 3.49. The first-order valence-electron chi connectivity index (χ1n) is 10.0. The number of aliphatic hydroxyl groups excluding tert-OH is 1. The fraction of sp³-hybridized carbons (Fsp3) is 0.778. The van der Waals surface area contributed by atoms with E-state index in [-0.39, 0.29) is 12.3 Å². The smallest absolute Gasteiger partial charge is 0.326 e. The molecule has 30 heavy (non-hydrogen) atoms. The summed E-state index contributed by atoms with van der Waals surface area (Å²) in [5.41, 5.74) is 11.2. The lowest BCUT2D eigenvalue weighted by molar-refractivity contribution is -0.149. The molecule has 0 aromatic rings. The molecular weight excluding hydrogens is 414 g/mol. The van der Waals surface area contributed by atoms with Crippen LogP contribution in [-0.4, -0.2) is 87.9 Å². The van der Waals surface area contributed by atoms with Gasteiger partial charge in [0.15, 0.2) is 0 Å². The second kappa shape index (κ2) is 12.7. The Kier molecular flexibility index (Phi) is 11.1. The van der Waals surface area contributed by atoms with Crippen molar-refractivity contribution in [3.63, 3.8) is 0 Å². The van der Waals surface area contributed by atoms with Gasteiger partial charge >= 0.3 is 5.97 Å². The van der Waals surface area contributed by atoms with Gasteiger partial charge in [-0.25, -0.2) is 4.79 Å². The van der Waals surface area contributed by atoms with Crippen LogP contribution in [0.15, 0.2) is 0 Å². The fourth-order valence-electron chi connectivity index (χ4n) is 3.24. The second-order valence-electron chi connectivity index (χ2n) is 7.39. The Hall–Kier alpha value is -1.89. The maximum atomic E-state index is 12.7. The topological polar surface area (TPSA) is 188 Å². The number of carbonyl (C=O) groups is 4. The van der Waals surface area contributed by atoms with E-state index in [9.17, 15) is 29.4 Å². The second-order valence-corrected chi connectivity index (χ2v) is 7.75. The van der Waals surface area contributed by atoms with E-state index in [0.717, 1.165) is 0 Å². The molecule has 0 radical (unpaired) electrons. The minimum atomic E-state index is -1.33. The Labute approximate surface area is 181 Å². The van der Waals surface area contributed by atoms with E-state index < -0.39 is 54.0 Å². The molecule has 12 heteroatoms. The van der Waals surface area contributed by atoms with Crippen molar-refractivity contribution in [1.29, 1.82) is 0 Å². The molecule has 1 fully saturated rings. The molecule has 5 atom stereocenters. The van der Waals surface area contributed by atoms with Crippen molar-refractivity contribution in [2.75, 3.05) is 18.8 Å². The zero-order chi connectivity index (χ0) is 22.8. The molecule has 1 rings (SSSR count). The molecular formula is C18H33N5O6S. The van der Waals surface area contributed by atoms with E-state index in [1.807, 2.05) is 0 Å². The molecule has 5 unspecified atom stereocenters. The maximum absolute atomic E-state index is 12.7. The van der Waals surface area contributed by atoms with Gasteiger partial charge in [0.25, 0.3) is 0 Å². The van der Waals surface area contributed by atoms with Crippen molar-refractivity contribution in [2.45, 2.75) is 69.3 Å². The summed E-state index contributed by atoms with van der Waals surface area (Å²) in [5, 5.41) is 24.1. The van der Waals surface area contributed by atoms with Gasteiger partial charge in [-0.1, -0.05) is 6.42 Å². The average molecular weight is 448 g/mol. The number of nitrogens with two attached hydrogens (primary N) is 2. The molecule has 11 nitrogen and oxygen atoms in total. The third-order valence-electron chi connectivity index (χ3n) is 4.99. The molecule has 0 aromatic carbocycles. The van der Waals surface area contributed by atoms with Crippen LogP contribution in [0.2, 0.25) is 0 Å². The zero-order valence-corrected chi connectivity index (χ0v) is 18.0. The highest BCUT2D eigenvalue weighted by molar-refractivity contribution is 7.80. The number of amides is 3. The van der Waals surface area contributed by atoms with Gasteiger partial charge in [-0.2, -0.15) is 12.6 Å². The highest BCUT2D eigenvalue weighted by Gasteiger charge is 2.38. The number of carbonyl (C=O) groups excluding carboxylic acids is 3. The summed E-state index contributed by atoms with van der Waals surface area (Å²) in [6, 6.07) is -4.25. The normalized spacial score (nSPS) is 20.2. The molecule has 0 aromatic heterocycles. The van der Waals surface area contributed by atoms with Crippen LogP contribution in [0.3, 0.4) is 0 Å². The molecule has 1 aliphatic heterocycles. The largest absolute Gasteiger partial charge is 0.480 e. The van der Waals surface area contributed by atoms with Crippen molar-refractivity contribution >= 4 is 36.3 Å². The number of carboxylic acids is 1. The molecule has 8 N–H and O–H groups in total. The summed E-state index contributed by atoms with van der Waals surface area (Å²) in [7, 11) is 0. The van der Waals surface area contributed by atoms with Crippen LogP contribution >= 0.6 is 12.6 Å². The van der Waals surface area contributed by atoms with E-state index in [1.54, 1.807) is 0 Å². The lowest BCUT2D eigenvalue weighted by Gasteiger charge is -2.28. The number of thiol groups is 1. The third kappa shape index (κ3) is 7.42. The SMILES string of the molecule is CC(O)C(NC(=O)C(N)CCCCN)C(=O)NC(CS)C(=O)N1CCCC1C(=O)O. The molecule has 1 aliphatic rings. The Bertz CT molecular complexity index is 620. The van der Waals surface area contributed by atoms with Crippen LogP contribution in [0.4, 0.5) is 0 Å². The molecule has 0 saturated carbocycles. The number of rotatable bonds is 12. The summed E-state index contributed by atoms with van der Waals surface area (Å²) in [6.45, 7) is 2.07. The minimum Gasteiger partial charge on any atom is -0.480 e. The number of unbranched alkanes of at least 4 members (excludes halogenated alkanes) is 1. The number of aliphatic carboxylic acids is 1. The number of nitrogens with zero attached hydrogens (tertiary/aromatic N) is 1. The Morgan fingerprint density at radius 1 is 1.20 bits per heavy atom. The predicted octanol–water partition coefficient (Wildman–Crippen LogP) is -2.20. The summed E-state index contributed by atoms with van der Waals surface area (Å²) in [4.78, 5) is 50.1. The van der Waals surface area contributed by atoms with Gasteiger partial charge in [0.2, 0.25) is 17.7 Å². The molecule has 172 valence electrons. The van der Waals surface area contributed by atoms with E-state index in [0.29, 0.717) is 38.6 Å². The van der Waals surface area contributed by atoms with Crippen molar-refractivity contribution in [3.05, 3.63) is 0 Å². The molecule has 0 spiro atoms. The first-order valence-corrected chi connectivity index (χ1v) is 10.7. The van der Waals surface area contributed by atoms with Gasteiger partial charge in [-0.3, -0.25) is 14.4 Å². The Balaban J connectivity index is 2.77. The molecule has 3 amide bonds. The van der Waals surface area contributed by atoms with E-state index >= 15 is 0 Å². The number of likely N-dealkylation sites (tertiary alicyclic amines) is 1. The van der Waals surface area contributed by atoms with Crippen LogP contribution in [0.1, 0.15) is 39.0 Å². The number of nitrogens with one attached hydrogen (secondary N) is 2. The van der Waals surface area contributed by atoms with Crippen LogP contribution in [0, 0.1) is 0 Å². The van der Waals surface area contributed by atoms with Crippen molar-refractivity contribution in [3.8, 4) is 0 Å². The monoisotopic (exact) mass is 447 g/mol. The molecule has 0 bridgehead atoms. The lowest BCUT2D eigenvalue weighted by Crippen LogP contribution is -2.60. The Morgan fingerprint density at radius 2 is 1.87 bits per heavy atom. The highest BCUT2D eigenvalue weighted by Crippen LogP contribution is 2.19. The average Bonchev–Trinajstić information content (AvgIpc) is 3.19. The lowest BCUT2D eigenvalue weighted by atomic mass is 10.1. The minimum absolute atomic E-state index is 0.0769. The van der Waals surface area contributed by atoms with E-state index in [1.165, 1.54) is 11.8 Å². The number of hydrogen-bond acceptors (Lipinski definition) is 8. The Morgan fingerprint density at radius 3 is 2.40 bits per heavy atom. The number of hydrogen-bond donors (Lipinski definition) is 7. The van der Waals surface area contributed by atoms with Gasteiger partial charge in [0, 0.05) is 12.3 Å². The van der Waals surface area contributed by atoms with Gasteiger partial charge in [0.05, 0.1) is 12.1 Å². The highest BCUT2D eigenvalue weighted by atomic mass is 32.1. The third-order valence-corrected chi connectivity index (χ3v) is 5.35. The predicted molar refractivity (Wildman–Crippen MR) is 113 cm³/mol. The van der Waals surface area contributed by atoms with Crippen molar-refractivity contribution < 1.29 is 29.4 Å². The number of aliphatic hydroxyl groups is 1. The van der Waals surface area contributed by atoms with Gasteiger partial charge < -0.3 is 37.2 Å². The molecule has 1 saturated heterocycles. The maximum Gasteiger partial charge on any atom is 0.326 e. The summed E-state index contributed by atoms with van der Waals surface area (Å²) in [6.07, 6.45) is 1.36. The van der Waals surface area contributed by atoms with Crippen LogP contribution in [0.5, 0.6) is 0 Å². The van der Waals surface area contributed by atoms with Crippen molar-refractivity contribution in [2.24, 2.45) is 11.5 Å². The summed E-state index contributed by atoms with van der Waals surface area (Å²) in [5.74, 6) is -3.15. The van der Waals surface area contributed by atoms with Gasteiger partial charge in [0.1, 0.15) is 18.1 Å². The van der Waals surface area contributed by atoms with Gasteiger partial charge in [-0.15, -0.1) is 0 Å². The zero-order valence-electron chi connectivity index (χ0n) is 17.1. The van der Waals surface area contributed by atoms with Crippen LogP contribution in [0.25, 0.3) is 0 Å². The van der Waals surface area contributed by atoms with Gasteiger partial charge in [-0.05, 0) is 39.2 Å². The first-order chi connectivity index (χ1) is 14.1. The van der Waals surface area contributed by atoms with Crippen molar-refractivity contribution in [1.82, 2.24) is 15.5 Å². The number of carboxylic acid groups (broad SMARTS) is 1. The molecule has 1 heterocycles. The standard InChI is InChI=1S/C18H33N5O6S/c1-10(24)14(22-15(25)11(20)5-2-3-7-19)16(26)21-12(9-30)17(27)23-8-4-6-13(23)18(28)29/h10-14,24,30H,2-9,19-20H2,1H3,(H,21,26)(H,22,25)(H,28,29). The van der Waals surface area contributed by atoms with Crippen LogP contribution < -0.4 is 22.1 Å². The van der Waals surface area contributed by atoms with E-state index in [2.05, 4.69) is 23.3 Å². The molecule has 0 aliphatic carbocycles. The summed E-state index contributed by atoms with van der Waals surface area (Å²) < 4.78 is 0. The first kappa shape index (κ1) is 26.1. The quantitative estimate of drug-likeness (QED) is 0.130. The summed E-state index contributed by atoms with van der Waals surface area (Å²) >= 11 is 4.08. The van der Waals surface area contributed by atoms with E-state index in [4.69, 9.17) is 11.5 Å².